The van der Waals surface area contributed by atoms with Crippen molar-refractivity contribution in [2.45, 2.75) is 51.0 Å². The first kappa shape index (κ1) is 18.9. The first-order chi connectivity index (χ1) is 12.6. The fourth-order valence-electron chi connectivity index (χ4n) is 4.15. The zero-order valence-electron chi connectivity index (χ0n) is 15.6. The Labute approximate surface area is 156 Å². The summed E-state index contributed by atoms with van der Waals surface area (Å²) in [5, 5.41) is 0. The molecular formula is C21H31N3O2. The van der Waals surface area contributed by atoms with E-state index in [9.17, 15) is 9.59 Å². The molecule has 2 N–H and O–H groups in total. The highest BCUT2D eigenvalue weighted by atomic mass is 16.2. The predicted molar refractivity (Wildman–Crippen MR) is 102 cm³/mol. The highest BCUT2D eigenvalue weighted by molar-refractivity contribution is 5.82. The maximum Gasteiger partial charge on any atom is 0.239 e. The number of nitrogens with two attached hydrogens (primary N) is 1. The SMILES string of the molecule is N[C@@H](Cc1ccccc1)C(=O)N1CCN(C(=O)CCC2CCCC2)CC1. The molecule has 1 saturated heterocycles. The standard InChI is InChI=1S/C21H31N3O2/c22-19(16-18-8-2-1-3-9-18)21(26)24-14-12-23(13-15-24)20(25)11-10-17-6-4-5-7-17/h1-3,8-9,17,19H,4-7,10-16,22H2/t19-/m0/s1. The summed E-state index contributed by atoms with van der Waals surface area (Å²) < 4.78 is 0. The second-order valence-corrected chi connectivity index (χ2v) is 7.69. The molecule has 26 heavy (non-hydrogen) atoms. The Hall–Kier alpha value is -1.88. The molecule has 1 aromatic rings. The van der Waals surface area contributed by atoms with E-state index in [0.29, 0.717) is 39.0 Å². The van der Waals surface area contributed by atoms with E-state index < -0.39 is 6.04 Å². The van der Waals surface area contributed by atoms with E-state index in [2.05, 4.69) is 0 Å². The lowest BCUT2D eigenvalue weighted by Crippen LogP contribution is -2.54. The van der Waals surface area contributed by atoms with Crippen molar-refractivity contribution in [3.05, 3.63) is 35.9 Å². The highest BCUT2D eigenvalue weighted by Gasteiger charge is 2.27. The average Bonchev–Trinajstić information content (AvgIpc) is 3.20. The number of hydrogen-bond donors (Lipinski definition) is 1. The molecule has 0 unspecified atom stereocenters. The Morgan fingerprint density at radius 2 is 1.62 bits per heavy atom. The van der Waals surface area contributed by atoms with Gasteiger partial charge in [0, 0.05) is 32.6 Å². The van der Waals surface area contributed by atoms with Gasteiger partial charge in [0.1, 0.15) is 0 Å². The van der Waals surface area contributed by atoms with Crippen LogP contribution < -0.4 is 5.73 Å². The van der Waals surface area contributed by atoms with Gasteiger partial charge in [0.25, 0.3) is 0 Å². The van der Waals surface area contributed by atoms with Crippen molar-refractivity contribution in [3.8, 4) is 0 Å². The number of benzene rings is 1. The summed E-state index contributed by atoms with van der Waals surface area (Å²) in [5.41, 5.74) is 7.20. The van der Waals surface area contributed by atoms with Crippen molar-refractivity contribution < 1.29 is 9.59 Å². The number of carbonyl (C=O) groups excluding carboxylic acids is 2. The first-order valence-corrected chi connectivity index (χ1v) is 9.99. The van der Waals surface area contributed by atoms with E-state index >= 15 is 0 Å². The molecule has 5 nitrogen and oxygen atoms in total. The lowest BCUT2D eigenvalue weighted by atomic mass is 10.0. The fraction of sp³-hybridized carbons (Fsp3) is 0.619. The van der Waals surface area contributed by atoms with Crippen LogP contribution in [0, 0.1) is 5.92 Å². The molecule has 2 fully saturated rings. The molecular weight excluding hydrogens is 326 g/mol. The van der Waals surface area contributed by atoms with E-state index in [1.54, 1.807) is 0 Å². The number of carbonyl (C=O) groups is 2. The zero-order valence-corrected chi connectivity index (χ0v) is 15.6. The summed E-state index contributed by atoms with van der Waals surface area (Å²) in [6, 6.07) is 9.36. The van der Waals surface area contributed by atoms with Crippen molar-refractivity contribution >= 4 is 11.8 Å². The van der Waals surface area contributed by atoms with Crippen molar-refractivity contribution in [2.24, 2.45) is 11.7 Å². The summed E-state index contributed by atoms with van der Waals surface area (Å²) in [6.07, 6.45) is 7.46. The topological polar surface area (TPSA) is 66.6 Å². The van der Waals surface area contributed by atoms with Crippen LogP contribution in [0.3, 0.4) is 0 Å². The van der Waals surface area contributed by atoms with Gasteiger partial charge in [0.2, 0.25) is 11.8 Å². The molecule has 1 aliphatic heterocycles. The van der Waals surface area contributed by atoms with Crippen LogP contribution in [0.4, 0.5) is 0 Å². The van der Waals surface area contributed by atoms with Gasteiger partial charge in [-0.05, 0) is 24.3 Å². The second kappa shape index (κ2) is 9.17. The molecule has 2 amide bonds. The van der Waals surface area contributed by atoms with Crippen LogP contribution in [0.5, 0.6) is 0 Å². The molecule has 1 saturated carbocycles. The largest absolute Gasteiger partial charge is 0.339 e. The van der Waals surface area contributed by atoms with E-state index in [1.807, 2.05) is 40.1 Å². The predicted octanol–water partition coefficient (Wildman–Crippen LogP) is 2.20. The van der Waals surface area contributed by atoms with Crippen LogP contribution in [-0.2, 0) is 16.0 Å². The van der Waals surface area contributed by atoms with Crippen molar-refractivity contribution in [2.75, 3.05) is 26.2 Å². The van der Waals surface area contributed by atoms with Crippen LogP contribution in [0.25, 0.3) is 0 Å². The summed E-state index contributed by atoms with van der Waals surface area (Å²) >= 11 is 0. The molecule has 0 bridgehead atoms. The molecule has 2 aliphatic rings. The van der Waals surface area contributed by atoms with E-state index in [4.69, 9.17) is 5.73 Å². The smallest absolute Gasteiger partial charge is 0.239 e. The van der Waals surface area contributed by atoms with E-state index in [0.717, 1.165) is 17.9 Å². The van der Waals surface area contributed by atoms with E-state index in [1.165, 1.54) is 25.7 Å². The lowest BCUT2D eigenvalue weighted by molar-refractivity contribution is -0.140. The molecule has 3 rings (SSSR count). The molecule has 142 valence electrons. The molecule has 0 radical (unpaired) electrons. The molecule has 1 heterocycles. The third-order valence-corrected chi connectivity index (χ3v) is 5.80. The van der Waals surface area contributed by atoms with Gasteiger partial charge in [-0.25, -0.2) is 0 Å². The molecule has 1 aromatic carbocycles. The van der Waals surface area contributed by atoms with Gasteiger partial charge in [-0.15, -0.1) is 0 Å². The third-order valence-electron chi connectivity index (χ3n) is 5.80. The third kappa shape index (κ3) is 5.07. The minimum absolute atomic E-state index is 0.00749. The number of piperazine rings is 1. The summed E-state index contributed by atoms with van der Waals surface area (Å²) in [6.45, 7) is 2.45. The maximum absolute atomic E-state index is 12.6. The average molecular weight is 357 g/mol. The van der Waals surface area contributed by atoms with Gasteiger partial charge in [0.05, 0.1) is 6.04 Å². The van der Waals surface area contributed by atoms with Crippen molar-refractivity contribution in [3.63, 3.8) is 0 Å². The van der Waals surface area contributed by atoms with Gasteiger partial charge in [0.15, 0.2) is 0 Å². The Balaban J connectivity index is 1.40. The van der Waals surface area contributed by atoms with Crippen molar-refractivity contribution in [1.29, 1.82) is 0 Å². The molecule has 1 aliphatic carbocycles. The van der Waals surface area contributed by atoms with Crippen LogP contribution >= 0.6 is 0 Å². The minimum atomic E-state index is -0.512. The Morgan fingerprint density at radius 3 is 2.27 bits per heavy atom. The van der Waals surface area contributed by atoms with Crippen LogP contribution in [0.15, 0.2) is 30.3 Å². The van der Waals surface area contributed by atoms with Crippen LogP contribution in [-0.4, -0.2) is 53.8 Å². The molecule has 5 heteroatoms. The van der Waals surface area contributed by atoms with Crippen LogP contribution in [0.1, 0.15) is 44.1 Å². The van der Waals surface area contributed by atoms with Gasteiger partial charge in [-0.1, -0.05) is 56.0 Å². The Kier molecular flexibility index (Phi) is 6.67. The Bertz CT molecular complexity index is 591. The minimum Gasteiger partial charge on any atom is -0.339 e. The van der Waals surface area contributed by atoms with E-state index in [-0.39, 0.29) is 11.8 Å². The molecule has 1 atom stereocenters. The monoisotopic (exact) mass is 357 g/mol. The summed E-state index contributed by atoms with van der Waals surface area (Å²) in [7, 11) is 0. The van der Waals surface area contributed by atoms with Gasteiger partial charge in [-0.2, -0.15) is 0 Å². The lowest BCUT2D eigenvalue weighted by Gasteiger charge is -2.36. The first-order valence-electron chi connectivity index (χ1n) is 9.99. The second-order valence-electron chi connectivity index (χ2n) is 7.69. The number of rotatable bonds is 6. The summed E-state index contributed by atoms with van der Waals surface area (Å²) in [4.78, 5) is 28.7. The molecule has 0 aromatic heterocycles. The van der Waals surface area contributed by atoms with Gasteiger partial charge < -0.3 is 15.5 Å². The number of hydrogen-bond acceptors (Lipinski definition) is 3. The zero-order chi connectivity index (χ0) is 18.4. The maximum atomic E-state index is 12.6. The fourth-order valence-corrected chi connectivity index (χ4v) is 4.15. The number of amides is 2. The van der Waals surface area contributed by atoms with Crippen LogP contribution in [0.2, 0.25) is 0 Å². The van der Waals surface area contributed by atoms with Gasteiger partial charge in [-0.3, -0.25) is 9.59 Å². The Morgan fingerprint density at radius 1 is 1.00 bits per heavy atom. The molecule has 0 spiro atoms. The van der Waals surface area contributed by atoms with Gasteiger partial charge >= 0.3 is 0 Å². The van der Waals surface area contributed by atoms with Crippen molar-refractivity contribution in [1.82, 2.24) is 9.80 Å². The summed E-state index contributed by atoms with van der Waals surface area (Å²) in [5.74, 6) is 0.988. The quantitative estimate of drug-likeness (QED) is 0.849. The number of nitrogens with zero attached hydrogens (tertiary/aromatic N) is 2. The normalized spacial score (nSPS) is 19.6. The highest BCUT2D eigenvalue weighted by Crippen LogP contribution is 2.28.